The van der Waals surface area contributed by atoms with E-state index in [4.69, 9.17) is 11.6 Å². The first-order valence-corrected chi connectivity index (χ1v) is 14.3. The molecule has 1 amide bonds. The highest BCUT2D eigenvalue weighted by atomic mass is 35.5. The molecule has 2 heterocycles. The predicted molar refractivity (Wildman–Crippen MR) is 132 cm³/mol. The summed E-state index contributed by atoms with van der Waals surface area (Å²) in [6, 6.07) is 4.62. The van der Waals surface area contributed by atoms with Gasteiger partial charge in [0, 0.05) is 24.7 Å². The van der Waals surface area contributed by atoms with Crippen molar-refractivity contribution in [1.29, 1.82) is 0 Å². The monoisotopic (exact) mass is 561 g/mol. The SMILES string of the molecule is O=C(C(Cc1ccc(Cl)cc1)NS(=O)(=O)C(F)(F)F)N1CCC(Cn2cncn2)(C2CCCCC2)CC1. The maximum Gasteiger partial charge on any atom is 0.511 e. The number of hydrogen-bond donors (Lipinski definition) is 1. The Kier molecular flexibility index (Phi) is 8.49. The van der Waals surface area contributed by atoms with Crippen molar-refractivity contribution in [2.24, 2.45) is 11.3 Å². The van der Waals surface area contributed by atoms with E-state index in [2.05, 4.69) is 10.1 Å². The zero-order chi connectivity index (χ0) is 26.7. The molecule has 2 aromatic rings. The minimum atomic E-state index is -5.73. The molecule has 204 valence electrons. The molecule has 1 aromatic carbocycles. The Morgan fingerprint density at radius 1 is 1.14 bits per heavy atom. The highest BCUT2D eigenvalue weighted by molar-refractivity contribution is 7.90. The number of rotatable bonds is 8. The van der Waals surface area contributed by atoms with Crippen molar-refractivity contribution in [3.8, 4) is 0 Å². The van der Waals surface area contributed by atoms with Gasteiger partial charge in [0.1, 0.15) is 18.7 Å². The number of alkyl halides is 3. The van der Waals surface area contributed by atoms with Crippen LogP contribution in [0.15, 0.2) is 36.9 Å². The average molecular weight is 562 g/mol. The van der Waals surface area contributed by atoms with Crippen molar-refractivity contribution in [1.82, 2.24) is 24.4 Å². The lowest BCUT2D eigenvalue weighted by molar-refractivity contribution is -0.136. The first-order chi connectivity index (χ1) is 17.5. The first kappa shape index (κ1) is 27.8. The van der Waals surface area contributed by atoms with E-state index in [1.807, 2.05) is 4.68 Å². The molecule has 1 aromatic heterocycles. The molecule has 1 aliphatic heterocycles. The van der Waals surface area contributed by atoms with Gasteiger partial charge in [-0.05, 0) is 61.1 Å². The molecule has 8 nitrogen and oxygen atoms in total. The van der Waals surface area contributed by atoms with Crippen LogP contribution in [0.4, 0.5) is 13.2 Å². The van der Waals surface area contributed by atoms with Crippen LogP contribution in [0.2, 0.25) is 5.02 Å². The van der Waals surface area contributed by atoms with E-state index in [9.17, 15) is 26.4 Å². The Labute approximate surface area is 219 Å². The third kappa shape index (κ3) is 6.64. The van der Waals surface area contributed by atoms with Gasteiger partial charge in [-0.2, -0.15) is 23.0 Å². The van der Waals surface area contributed by atoms with Crippen LogP contribution in [0.25, 0.3) is 0 Å². The minimum absolute atomic E-state index is 0.109. The molecule has 13 heteroatoms. The molecule has 1 aliphatic carbocycles. The van der Waals surface area contributed by atoms with Crippen LogP contribution in [0.5, 0.6) is 0 Å². The Bertz CT molecular complexity index is 1150. The number of amides is 1. The van der Waals surface area contributed by atoms with Crippen molar-refractivity contribution in [2.45, 2.75) is 69.5 Å². The molecule has 2 aliphatic rings. The molecular weight excluding hydrogens is 531 g/mol. The Morgan fingerprint density at radius 2 is 1.78 bits per heavy atom. The van der Waals surface area contributed by atoms with Crippen LogP contribution < -0.4 is 4.72 Å². The van der Waals surface area contributed by atoms with E-state index in [-0.39, 0.29) is 11.8 Å². The number of halogens is 4. The van der Waals surface area contributed by atoms with Gasteiger partial charge in [0.15, 0.2) is 0 Å². The van der Waals surface area contributed by atoms with E-state index >= 15 is 0 Å². The molecule has 1 N–H and O–H groups in total. The highest BCUT2D eigenvalue weighted by Crippen LogP contribution is 2.47. The number of benzene rings is 1. The van der Waals surface area contributed by atoms with Gasteiger partial charge in [-0.1, -0.05) is 43.0 Å². The van der Waals surface area contributed by atoms with Gasteiger partial charge in [-0.3, -0.25) is 9.48 Å². The quantitative estimate of drug-likeness (QED) is 0.522. The Morgan fingerprint density at radius 3 is 2.35 bits per heavy atom. The van der Waals surface area contributed by atoms with Crippen molar-refractivity contribution in [3.63, 3.8) is 0 Å². The van der Waals surface area contributed by atoms with Crippen LogP contribution in [-0.4, -0.2) is 58.6 Å². The minimum Gasteiger partial charge on any atom is -0.341 e. The lowest BCUT2D eigenvalue weighted by Gasteiger charge is -2.48. The summed E-state index contributed by atoms with van der Waals surface area (Å²) in [6.45, 7) is 1.32. The molecule has 1 saturated carbocycles. The topological polar surface area (TPSA) is 97.2 Å². The summed E-state index contributed by atoms with van der Waals surface area (Å²) in [7, 11) is -5.73. The van der Waals surface area contributed by atoms with Gasteiger partial charge in [-0.25, -0.2) is 13.4 Å². The summed E-state index contributed by atoms with van der Waals surface area (Å²) in [6.07, 6.45) is 9.92. The molecule has 0 bridgehead atoms. The van der Waals surface area contributed by atoms with E-state index < -0.39 is 27.5 Å². The highest BCUT2D eigenvalue weighted by Gasteiger charge is 2.49. The number of carbonyl (C=O) groups is 1. The summed E-state index contributed by atoms with van der Waals surface area (Å²) >= 11 is 5.89. The molecule has 1 saturated heterocycles. The second-order valence-corrected chi connectivity index (χ2v) is 12.2. The van der Waals surface area contributed by atoms with E-state index in [1.165, 1.54) is 17.6 Å². The maximum atomic E-state index is 13.5. The predicted octanol–water partition coefficient (Wildman–Crippen LogP) is 4.17. The molecular formula is C24H31ClF3N5O3S. The van der Waals surface area contributed by atoms with Crippen molar-refractivity contribution in [2.75, 3.05) is 13.1 Å². The molecule has 2 fully saturated rings. The molecule has 0 radical (unpaired) electrons. The van der Waals surface area contributed by atoms with E-state index in [1.54, 1.807) is 35.3 Å². The second kappa shape index (κ2) is 11.3. The third-order valence-corrected chi connectivity index (χ3v) is 9.20. The van der Waals surface area contributed by atoms with Crippen LogP contribution >= 0.6 is 11.6 Å². The summed E-state index contributed by atoms with van der Waals surface area (Å²) < 4.78 is 66.8. The van der Waals surface area contributed by atoms with Crippen molar-refractivity contribution >= 4 is 27.5 Å². The Balaban J connectivity index is 1.52. The van der Waals surface area contributed by atoms with Crippen LogP contribution in [0.1, 0.15) is 50.5 Å². The first-order valence-electron chi connectivity index (χ1n) is 12.4. The molecule has 4 rings (SSSR count). The number of likely N-dealkylation sites (tertiary alicyclic amines) is 1. The fourth-order valence-corrected chi connectivity index (χ4v) is 6.55. The van der Waals surface area contributed by atoms with Crippen molar-refractivity contribution in [3.05, 3.63) is 47.5 Å². The second-order valence-electron chi connectivity index (χ2n) is 10.1. The number of aromatic nitrogens is 3. The zero-order valence-electron chi connectivity index (χ0n) is 20.3. The third-order valence-electron chi connectivity index (χ3n) is 7.74. The summed E-state index contributed by atoms with van der Waals surface area (Å²) in [4.78, 5) is 19.0. The fraction of sp³-hybridized carbons (Fsp3) is 0.625. The van der Waals surface area contributed by atoms with Gasteiger partial charge < -0.3 is 4.90 Å². The fourth-order valence-electron chi connectivity index (χ4n) is 5.73. The number of hydrogen-bond acceptors (Lipinski definition) is 5. The smallest absolute Gasteiger partial charge is 0.341 e. The van der Waals surface area contributed by atoms with Crippen LogP contribution in [-0.2, 0) is 27.8 Å². The Hall–Kier alpha value is -2.18. The number of nitrogens with one attached hydrogen (secondary N) is 1. The normalized spacial score (nSPS) is 20.1. The molecule has 0 spiro atoms. The number of sulfonamides is 1. The van der Waals surface area contributed by atoms with Gasteiger partial charge in [0.25, 0.3) is 0 Å². The summed E-state index contributed by atoms with van der Waals surface area (Å²) in [5, 5.41) is 4.70. The maximum absolute atomic E-state index is 13.5. The molecule has 37 heavy (non-hydrogen) atoms. The number of carbonyl (C=O) groups excluding carboxylic acids is 1. The standard InChI is InChI=1S/C24H31ClF3N5O3S/c25-20-8-6-18(7-9-20)14-21(31-37(35,36)24(26,27)28)22(34)32-12-10-23(11-13-32,15-33-17-29-16-30-33)19-4-2-1-3-5-19/h6-9,16-17,19,21,31H,1-5,10-15H2. The number of nitrogens with zero attached hydrogens (tertiary/aromatic N) is 4. The van der Waals surface area contributed by atoms with Gasteiger partial charge in [0.2, 0.25) is 5.91 Å². The summed E-state index contributed by atoms with van der Waals surface area (Å²) in [5.41, 5.74) is -5.14. The van der Waals surface area contributed by atoms with Gasteiger partial charge in [0.05, 0.1) is 0 Å². The van der Waals surface area contributed by atoms with Crippen molar-refractivity contribution < 1.29 is 26.4 Å². The summed E-state index contributed by atoms with van der Waals surface area (Å²) in [5.74, 6) is -0.211. The van der Waals surface area contributed by atoms with Crippen LogP contribution in [0, 0.1) is 11.3 Å². The van der Waals surface area contributed by atoms with E-state index in [0.717, 1.165) is 25.7 Å². The van der Waals surface area contributed by atoms with Crippen LogP contribution in [0.3, 0.4) is 0 Å². The molecule has 1 unspecified atom stereocenters. The lowest BCUT2D eigenvalue weighted by Crippen LogP contribution is -2.56. The van der Waals surface area contributed by atoms with Gasteiger partial charge >= 0.3 is 15.5 Å². The zero-order valence-corrected chi connectivity index (χ0v) is 21.9. The largest absolute Gasteiger partial charge is 0.511 e. The molecule has 1 atom stereocenters. The number of piperidine rings is 1. The van der Waals surface area contributed by atoms with Gasteiger partial charge in [-0.15, -0.1) is 0 Å². The van der Waals surface area contributed by atoms with E-state index in [0.29, 0.717) is 49.0 Å². The average Bonchev–Trinajstić information content (AvgIpc) is 3.37. The lowest BCUT2D eigenvalue weighted by atomic mass is 9.63.